The van der Waals surface area contributed by atoms with Crippen molar-refractivity contribution in [3.63, 3.8) is 0 Å². The number of aliphatic hydroxyl groups is 1. The molecule has 2 N–H and O–H groups in total. The van der Waals surface area contributed by atoms with Crippen molar-refractivity contribution >= 4 is 5.69 Å². The highest BCUT2D eigenvalue weighted by Gasteiger charge is 2.22. The minimum Gasteiger partial charge on any atom is -0.388 e. The first-order chi connectivity index (χ1) is 8.18. The summed E-state index contributed by atoms with van der Waals surface area (Å²) < 4.78 is 0. The molecule has 3 nitrogen and oxygen atoms in total. The summed E-state index contributed by atoms with van der Waals surface area (Å²) in [5.41, 5.74) is 2.20. The molecule has 2 rings (SSSR count). The van der Waals surface area contributed by atoms with E-state index in [4.69, 9.17) is 0 Å². The highest BCUT2D eigenvalue weighted by Crippen LogP contribution is 2.28. The van der Waals surface area contributed by atoms with Crippen LogP contribution in [0.25, 0.3) is 0 Å². The van der Waals surface area contributed by atoms with Gasteiger partial charge >= 0.3 is 0 Å². The number of rotatable bonds is 3. The summed E-state index contributed by atoms with van der Waals surface area (Å²) in [7, 11) is 4.05. The van der Waals surface area contributed by atoms with Crippen LogP contribution >= 0.6 is 0 Å². The first-order valence-corrected chi connectivity index (χ1v) is 6.34. The van der Waals surface area contributed by atoms with Crippen LogP contribution in [0.5, 0.6) is 0 Å². The molecule has 0 amide bonds. The Kier molecular flexibility index (Phi) is 4.02. The minimum absolute atomic E-state index is 0.334. The number of hydrogen-bond acceptors (Lipinski definition) is 3. The van der Waals surface area contributed by atoms with Crippen LogP contribution in [-0.2, 0) is 0 Å². The quantitative estimate of drug-likeness (QED) is 0.837. The molecule has 1 saturated heterocycles. The van der Waals surface area contributed by atoms with E-state index in [1.807, 2.05) is 26.2 Å². The Labute approximate surface area is 103 Å². The molecule has 0 aliphatic carbocycles. The topological polar surface area (TPSA) is 35.5 Å². The van der Waals surface area contributed by atoms with Gasteiger partial charge in [0, 0.05) is 32.2 Å². The molecule has 2 unspecified atom stereocenters. The Morgan fingerprint density at radius 3 is 2.53 bits per heavy atom. The van der Waals surface area contributed by atoms with Crippen LogP contribution < -0.4 is 10.2 Å². The number of aliphatic hydroxyl groups excluding tert-OH is 1. The number of anilines is 1. The summed E-state index contributed by atoms with van der Waals surface area (Å²) in [6.45, 7) is 2.01. The molecular weight excluding hydrogens is 212 g/mol. The zero-order chi connectivity index (χ0) is 12.3. The number of piperidine rings is 1. The highest BCUT2D eigenvalue weighted by molar-refractivity contribution is 5.46. The zero-order valence-corrected chi connectivity index (χ0v) is 10.7. The second-order valence-corrected chi connectivity index (χ2v) is 5.04. The van der Waals surface area contributed by atoms with Crippen molar-refractivity contribution in [3.05, 3.63) is 29.8 Å². The minimum atomic E-state index is -0.334. The van der Waals surface area contributed by atoms with Crippen molar-refractivity contribution in [2.45, 2.75) is 18.9 Å². The van der Waals surface area contributed by atoms with Gasteiger partial charge in [0.25, 0.3) is 0 Å². The molecule has 17 heavy (non-hydrogen) atoms. The van der Waals surface area contributed by atoms with E-state index in [-0.39, 0.29) is 6.10 Å². The third-order valence-corrected chi connectivity index (χ3v) is 3.53. The Balaban J connectivity index is 2.05. The Hall–Kier alpha value is -1.06. The number of nitrogens with zero attached hydrogens (tertiary/aromatic N) is 1. The monoisotopic (exact) mass is 234 g/mol. The molecular formula is C14H22N2O. The third kappa shape index (κ3) is 2.99. The van der Waals surface area contributed by atoms with Gasteiger partial charge in [0.05, 0.1) is 6.10 Å². The molecule has 2 atom stereocenters. The van der Waals surface area contributed by atoms with Crippen molar-refractivity contribution in [2.75, 3.05) is 32.1 Å². The first-order valence-electron chi connectivity index (χ1n) is 6.34. The molecule has 1 aromatic rings. The maximum atomic E-state index is 10.3. The van der Waals surface area contributed by atoms with Gasteiger partial charge in [0.1, 0.15) is 0 Å². The lowest BCUT2D eigenvalue weighted by Gasteiger charge is -2.27. The fourth-order valence-electron chi connectivity index (χ4n) is 2.39. The average molecular weight is 234 g/mol. The van der Waals surface area contributed by atoms with Crippen LogP contribution in [0.2, 0.25) is 0 Å². The summed E-state index contributed by atoms with van der Waals surface area (Å²) in [6.07, 6.45) is 1.94. The van der Waals surface area contributed by atoms with E-state index in [1.54, 1.807) is 0 Å². The molecule has 0 radical (unpaired) electrons. The number of hydrogen-bond donors (Lipinski definition) is 2. The van der Waals surface area contributed by atoms with Gasteiger partial charge in [-0.2, -0.15) is 0 Å². The third-order valence-electron chi connectivity index (χ3n) is 3.53. The molecule has 3 heteroatoms. The Morgan fingerprint density at radius 1 is 1.29 bits per heavy atom. The second kappa shape index (κ2) is 5.52. The van der Waals surface area contributed by atoms with Gasteiger partial charge in [0.2, 0.25) is 0 Å². The van der Waals surface area contributed by atoms with Gasteiger partial charge < -0.3 is 15.3 Å². The fourth-order valence-corrected chi connectivity index (χ4v) is 2.39. The van der Waals surface area contributed by atoms with Crippen molar-refractivity contribution in [2.24, 2.45) is 5.92 Å². The molecule has 1 heterocycles. The van der Waals surface area contributed by atoms with E-state index in [0.717, 1.165) is 31.5 Å². The van der Waals surface area contributed by atoms with Gasteiger partial charge in [-0.05, 0) is 37.1 Å². The maximum Gasteiger partial charge on any atom is 0.0830 e. The fraction of sp³-hybridized carbons (Fsp3) is 0.571. The summed E-state index contributed by atoms with van der Waals surface area (Å²) >= 11 is 0. The van der Waals surface area contributed by atoms with Gasteiger partial charge in [-0.15, -0.1) is 0 Å². The largest absolute Gasteiger partial charge is 0.388 e. The lowest BCUT2D eigenvalue weighted by Crippen LogP contribution is -2.33. The van der Waals surface area contributed by atoms with Crippen LogP contribution in [0.3, 0.4) is 0 Å². The van der Waals surface area contributed by atoms with Gasteiger partial charge in [-0.1, -0.05) is 12.1 Å². The number of benzene rings is 1. The van der Waals surface area contributed by atoms with Crippen molar-refractivity contribution < 1.29 is 5.11 Å². The van der Waals surface area contributed by atoms with E-state index in [1.165, 1.54) is 5.69 Å². The summed E-state index contributed by atoms with van der Waals surface area (Å²) in [5, 5.41) is 13.7. The van der Waals surface area contributed by atoms with E-state index >= 15 is 0 Å². The van der Waals surface area contributed by atoms with Crippen molar-refractivity contribution in [1.82, 2.24) is 5.32 Å². The maximum absolute atomic E-state index is 10.3. The lowest BCUT2D eigenvalue weighted by molar-refractivity contribution is 0.0922. The Bertz CT molecular complexity index is 342. The number of nitrogens with one attached hydrogen (secondary N) is 1. The van der Waals surface area contributed by atoms with E-state index in [2.05, 4.69) is 22.3 Å². The standard InChI is InChI=1S/C14H22N2O/c1-16(2)13-7-5-11(6-8-13)14(17)12-4-3-9-15-10-12/h5-8,12,14-15,17H,3-4,9-10H2,1-2H3. The van der Waals surface area contributed by atoms with Crippen LogP contribution in [0.1, 0.15) is 24.5 Å². The van der Waals surface area contributed by atoms with E-state index in [9.17, 15) is 5.11 Å². The molecule has 1 fully saturated rings. The van der Waals surface area contributed by atoms with Gasteiger partial charge in [-0.25, -0.2) is 0 Å². The van der Waals surface area contributed by atoms with Gasteiger partial charge in [0.15, 0.2) is 0 Å². The molecule has 0 saturated carbocycles. The van der Waals surface area contributed by atoms with Crippen LogP contribution in [0.15, 0.2) is 24.3 Å². The van der Waals surface area contributed by atoms with Gasteiger partial charge in [-0.3, -0.25) is 0 Å². The molecule has 0 bridgehead atoms. The molecule has 94 valence electrons. The summed E-state index contributed by atoms with van der Waals surface area (Å²) in [4.78, 5) is 2.07. The molecule has 1 aromatic carbocycles. The SMILES string of the molecule is CN(C)c1ccc(C(O)C2CCCNC2)cc1. The van der Waals surface area contributed by atoms with Crippen LogP contribution in [-0.4, -0.2) is 32.3 Å². The smallest absolute Gasteiger partial charge is 0.0830 e. The highest BCUT2D eigenvalue weighted by atomic mass is 16.3. The molecule has 1 aliphatic rings. The normalized spacial score (nSPS) is 22.2. The summed E-state index contributed by atoms with van der Waals surface area (Å²) in [5.74, 6) is 0.356. The average Bonchev–Trinajstić information content (AvgIpc) is 2.39. The molecule has 1 aliphatic heterocycles. The van der Waals surface area contributed by atoms with Crippen molar-refractivity contribution in [3.8, 4) is 0 Å². The zero-order valence-electron chi connectivity index (χ0n) is 10.7. The predicted octanol–water partition coefficient (Wildman–Crippen LogP) is 1.79. The Morgan fingerprint density at radius 2 is 2.00 bits per heavy atom. The van der Waals surface area contributed by atoms with Crippen molar-refractivity contribution in [1.29, 1.82) is 0 Å². The van der Waals surface area contributed by atoms with Crippen LogP contribution in [0.4, 0.5) is 5.69 Å². The van der Waals surface area contributed by atoms with E-state index in [0.29, 0.717) is 5.92 Å². The van der Waals surface area contributed by atoms with E-state index < -0.39 is 0 Å². The van der Waals surface area contributed by atoms with Crippen LogP contribution in [0, 0.1) is 5.92 Å². The molecule has 0 spiro atoms. The first kappa shape index (κ1) is 12.4. The second-order valence-electron chi connectivity index (χ2n) is 5.04. The molecule has 0 aromatic heterocycles. The predicted molar refractivity (Wildman–Crippen MR) is 71.3 cm³/mol. The summed E-state index contributed by atoms with van der Waals surface area (Å²) in [6, 6.07) is 8.20. The lowest BCUT2D eigenvalue weighted by atomic mass is 9.89.